The molecule has 132 valence electrons. The highest BCUT2D eigenvalue weighted by Crippen LogP contribution is 2.51. The minimum Gasteiger partial charge on any atom is -0.342 e. The number of pyridine rings is 1. The number of nitrogens with zero attached hydrogens (tertiary/aromatic N) is 3. The van der Waals surface area contributed by atoms with E-state index in [1.54, 1.807) is 0 Å². The Bertz CT molecular complexity index is 567. The van der Waals surface area contributed by atoms with E-state index >= 15 is 0 Å². The predicted octanol–water partition coefficient (Wildman–Crippen LogP) is 3.26. The van der Waals surface area contributed by atoms with E-state index in [1.807, 2.05) is 17.2 Å². The number of rotatable bonds is 5. The lowest BCUT2D eigenvalue weighted by atomic mass is 9.65. The first-order chi connectivity index (χ1) is 11.5. The fourth-order valence-electron chi connectivity index (χ4n) is 4.54. The number of aromatic nitrogens is 1. The minimum atomic E-state index is -0.000877. The van der Waals surface area contributed by atoms with Crippen LogP contribution in [0.5, 0.6) is 0 Å². The van der Waals surface area contributed by atoms with E-state index in [2.05, 4.69) is 36.1 Å². The summed E-state index contributed by atoms with van der Waals surface area (Å²) >= 11 is 5.79. The van der Waals surface area contributed by atoms with Crippen LogP contribution in [0.4, 0.5) is 0 Å². The molecule has 1 amide bonds. The monoisotopic (exact) mass is 349 g/mol. The van der Waals surface area contributed by atoms with Crippen molar-refractivity contribution in [1.29, 1.82) is 0 Å². The first-order valence-electron chi connectivity index (χ1n) is 8.94. The van der Waals surface area contributed by atoms with E-state index in [1.165, 1.54) is 0 Å². The smallest absolute Gasteiger partial charge is 0.223 e. The third kappa shape index (κ3) is 3.18. The first-order valence-corrected chi connectivity index (χ1v) is 9.48. The molecule has 1 aliphatic heterocycles. The zero-order valence-corrected chi connectivity index (χ0v) is 15.6. The number of carbonyl (C=O) groups excluding carboxylic acids is 1. The van der Waals surface area contributed by atoms with Gasteiger partial charge < -0.3 is 4.90 Å². The van der Waals surface area contributed by atoms with E-state index in [9.17, 15) is 4.79 Å². The molecule has 2 fully saturated rings. The summed E-state index contributed by atoms with van der Waals surface area (Å²) in [4.78, 5) is 21.4. The van der Waals surface area contributed by atoms with Crippen LogP contribution < -0.4 is 0 Å². The standard InChI is InChI=1S/C19H28ClN3O/c1-22(2)19(16-6-3-4-12-21-16)9-7-18(8-10-19)14-17(24)23(15-18)13-5-11-20/h3-4,6,12H,5,7-11,13-15H2,1-2H3. The van der Waals surface area contributed by atoms with Crippen molar-refractivity contribution in [2.75, 3.05) is 33.1 Å². The molecule has 3 rings (SSSR count). The minimum absolute atomic E-state index is 0.000877. The van der Waals surface area contributed by atoms with Crippen LogP contribution >= 0.6 is 11.6 Å². The van der Waals surface area contributed by atoms with Crippen LogP contribution in [0.3, 0.4) is 0 Å². The van der Waals surface area contributed by atoms with Gasteiger partial charge in [0, 0.05) is 31.6 Å². The molecule has 1 spiro atoms. The predicted molar refractivity (Wildman–Crippen MR) is 97.0 cm³/mol. The molecule has 2 heterocycles. The number of likely N-dealkylation sites (tertiary alicyclic amines) is 1. The summed E-state index contributed by atoms with van der Waals surface area (Å²) in [6.07, 6.45) is 7.79. The van der Waals surface area contributed by atoms with Crippen molar-refractivity contribution in [1.82, 2.24) is 14.8 Å². The van der Waals surface area contributed by atoms with E-state index in [0.29, 0.717) is 18.2 Å². The molecule has 1 aliphatic carbocycles. The zero-order chi connectivity index (χ0) is 17.2. The average molecular weight is 350 g/mol. The maximum Gasteiger partial charge on any atom is 0.223 e. The average Bonchev–Trinajstić information content (AvgIpc) is 2.90. The summed E-state index contributed by atoms with van der Waals surface area (Å²) in [5.74, 6) is 0.940. The van der Waals surface area contributed by atoms with Gasteiger partial charge in [-0.3, -0.25) is 14.7 Å². The number of carbonyl (C=O) groups is 1. The highest BCUT2D eigenvalue weighted by Gasteiger charge is 2.50. The van der Waals surface area contributed by atoms with E-state index in [4.69, 9.17) is 11.6 Å². The molecule has 24 heavy (non-hydrogen) atoms. The fraction of sp³-hybridized carbons (Fsp3) is 0.684. The van der Waals surface area contributed by atoms with Gasteiger partial charge in [0.25, 0.3) is 0 Å². The Labute approximate surface area is 150 Å². The molecule has 1 aromatic rings. The van der Waals surface area contributed by atoms with Crippen LogP contribution in [0.25, 0.3) is 0 Å². The summed E-state index contributed by atoms with van der Waals surface area (Å²) in [7, 11) is 4.30. The molecule has 2 aliphatic rings. The summed E-state index contributed by atoms with van der Waals surface area (Å²) in [5.41, 5.74) is 1.32. The van der Waals surface area contributed by atoms with Gasteiger partial charge in [0.05, 0.1) is 11.2 Å². The van der Waals surface area contributed by atoms with Crippen molar-refractivity contribution in [3.8, 4) is 0 Å². The van der Waals surface area contributed by atoms with Gasteiger partial charge in [-0.15, -0.1) is 11.6 Å². The normalized spacial score (nSPS) is 30.5. The Morgan fingerprint density at radius 1 is 1.25 bits per heavy atom. The van der Waals surface area contributed by atoms with Gasteiger partial charge >= 0.3 is 0 Å². The molecule has 0 N–H and O–H groups in total. The topological polar surface area (TPSA) is 36.4 Å². The second-order valence-corrected chi connectivity index (χ2v) is 8.05. The van der Waals surface area contributed by atoms with Crippen LogP contribution in [0.2, 0.25) is 0 Å². The quantitative estimate of drug-likeness (QED) is 0.765. The SMILES string of the molecule is CN(C)C1(c2ccccn2)CCC2(CC1)CC(=O)N(CCCCl)C2. The lowest BCUT2D eigenvalue weighted by Gasteiger charge is -2.48. The van der Waals surface area contributed by atoms with Crippen molar-refractivity contribution in [2.45, 2.75) is 44.1 Å². The van der Waals surface area contributed by atoms with Crippen molar-refractivity contribution in [3.63, 3.8) is 0 Å². The maximum atomic E-state index is 12.4. The molecule has 0 radical (unpaired) electrons. The summed E-state index contributed by atoms with van der Waals surface area (Å²) in [6, 6.07) is 6.19. The Kier molecular flexibility index (Phi) is 5.16. The highest BCUT2D eigenvalue weighted by atomic mass is 35.5. The van der Waals surface area contributed by atoms with Gasteiger partial charge in [0.2, 0.25) is 5.91 Å². The molecule has 4 nitrogen and oxygen atoms in total. The molecule has 1 saturated carbocycles. The second kappa shape index (κ2) is 7.01. The van der Waals surface area contributed by atoms with Crippen LogP contribution in [0.1, 0.15) is 44.2 Å². The van der Waals surface area contributed by atoms with Crippen LogP contribution in [0.15, 0.2) is 24.4 Å². The summed E-state index contributed by atoms with van der Waals surface area (Å²) in [5, 5.41) is 0. The molecule has 5 heteroatoms. The lowest BCUT2D eigenvalue weighted by Crippen LogP contribution is -2.48. The van der Waals surface area contributed by atoms with E-state index in [-0.39, 0.29) is 11.0 Å². The van der Waals surface area contributed by atoms with Gasteiger partial charge in [-0.05, 0) is 63.7 Å². The van der Waals surface area contributed by atoms with Crippen molar-refractivity contribution < 1.29 is 4.79 Å². The van der Waals surface area contributed by atoms with Gasteiger partial charge in [-0.1, -0.05) is 6.07 Å². The third-order valence-corrected chi connectivity index (χ3v) is 6.37. The van der Waals surface area contributed by atoms with Crippen molar-refractivity contribution in [3.05, 3.63) is 30.1 Å². The molecular formula is C19H28ClN3O. The molecule has 1 aromatic heterocycles. The summed E-state index contributed by atoms with van der Waals surface area (Å²) < 4.78 is 0. The lowest BCUT2D eigenvalue weighted by molar-refractivity contribution is -0.127. The second-order valence-electron chi connectivity index (χ2n) is 7.68. The zero-order valence-electron chi connectivity index (χ0n) is 14.8. The number of halogens is 1. The maximum absolute atomic E-state index is 12.4. The number of amides is 1. The van der Waals surface area contributed by atoms with Crippen LogP contribution in [-0.4, -0.2) is 53.8 Å². The van der Waals surface area contributed by atoms with Crippen molar-refractivity contribution in [2.24, 2.45) is 5.41 Å². The molecule has 1 saturated heterocycles. The Morgan fingerprint density at radius 2 is 2.00 bits per heavy atom. The molecule has 0 atom stereocenters. The molecule has 0 unspecified atom stereocenters. The van der Waals surface area contributed by atoms with Gasteiger partial charge in [-0.25, -0.2) is 0 Å². The largest absolute Gasteiger partial charge is 0.342 e. The Hall–Kier alpha value is -1.13. The van der Waals surface area contributed by atoms with Crippen molar-refractivity contribution >= 4 is 17.5 Å². The van der Waals surface area contributed by atoms with E-state index < -0.39 is 0 Å². The summed E-state index contributed by atoms with van der Waals surface area (Å²) in [6.45, 7) is 1.72. The Balaban J connectivity index is 1.74. The molecule has 0 bridgehead atoms. The molecular weight excluding hydrogens is 322 g/mol. The third-order valence-electron chi connectivity index (χ3n) is 6.10. The van der Waals surface area contributed by atoms with Crippen LogP contribution in [-0.2, 0) is 10.3 Å². The number of hydrogen-bond donors (Lipinski definition) is 0. The molecule has 0 aromatic carbocycles. The Morgan fingerprint density at radius 3 is 2.58 bits per heavy atom. The van der Waals surface area contributed by atoms with Gasteiger partial charge in [0.15, 0.2) is 0 Å². The van der Waals surface area contributed by atoms with Gasteiger partial charge in [-0.2, -0.15) is 0 Å². The number of hydrogen-bond acceptors (Lipinski definition) is 3. The van der Waals surface area contributed by atoms with E-state index in [0.717, 1.165) is 50.9 Å². The first kappa shape index (κ1) is 17.7. The van der Waals surface area contributed by atoms with Gasteiger partial charge in [0.1, 0.15) is 0 Å². The van der Waals surface area contributed by atoms with Crippen LogP contribution in [0, 0.1) is 5.41 Å². The number of alkyl halides is 1. The fourth-order valence-corrected chi connectivity index (χ4v) is 4.65. The highest BCUT2D eigenvalue weighted by molar-refractivity contribution is 6.17.